The highest BCUT2D eigenvalue weighted by Gasteiger charge is 2.24. The van der Waals surface area contributed by atoms with Crippen molar-refractivity contribution in [3.63, 3.8) is 0 Å². The van der Waals surface area contributed by atoms with Gasteiger partial charge in [-0.3, -0.25) is 4.79 Å². The molecule has 0 bridgehead atoms. The van der Waals surface area contributed by atoms with Crippen LogP contribution in [0.15, 0.2) is 18.2 Å². The topological polar surface area (TPSA) is 41.1 Å². The number of nitrogens with one attached hydrogen (secondary N) is 2. The Bertz CT molecular complexity index is 374. The summed E-state index contributed by atoms with van der Waals surface area (Å²) in [4.78, 5) is 11.4. The zero-order chi connectivity index (χ0) is 10.1. The molecule has 1 amide bonds. The van der Waals surface area contributed by atoms with Crippen LogP contribution in [0.25, 0.3) is 0 Å². The average molecular weight is 190 g/mol. The molecule has 1 aromatic rings. The molecule has 1 aliphatic rings. The van der Waals surface area contributed by atoms with E-state index in [0.717, 1.165) is 11.3 Å². The Morgan fingerprint density at radius 1 is 1.50 bits per heavy atom. The number of fused-ring (bicyclic) bond motifs is 1. The number of hydrogen-bond acceptors (Lipinski definition) is 2. The van der Waals surface area contributed by atoms with E-state index >= 15 is 0 Å². The van der Waals surface area contributed by atoms with Gasteiger partial charge in [-0.05, 0) is 25.1 Å². The molecule has 0 saturated heterocycles. The summed E-state index contributed by atoms with van der Waals surface area (Å²) >= 11 is 0. The molecule has 0 aromatic heterocycles. The molecule has 2 N–H and O–H groups in total. The third kappa shape index (κ3) is 1.40. The molecule has 3 heteroatoms. The summed E-state index contributed by atoms with van der Waals surface area (Å²) in [5, 5.41) is 6.07. The standard InChI is InChI=1S/C11H14N2O/c1-7-4-3-5-8-9(12-2)6-10(14)13-11(7)8/h3-5,9,12H,6H2,1-2H3,(H,13,14). The van der Waals surface area contributed by atoms with Crippen LogP contribution in [0.4, 0.5) is 5.69 Å². The molecule has 2 rings (SSSR count). The summed E-state index contributed by atoms with van der Waals surface area (Å²) in [6.07, 6.45) is 0.521. The van der Waals surface area contributed by atoms with Crippen LogP contribution in [0.1, 0.15) is 23.6 Å². The fourth-order valence-corrected chi connectivity index (χ4v) is 1.89. The average Bonchev–Trinajstić information content (AvgIpc) is 2.18. The fraction of sp³-hybridized carbons (Fsp3) is 0.364. The van der Waals surface area contributed by atoms with E-state index in [0.29, 0.717) is 6.42 Å². The number of amides is 1. The Morgan fingerprint density at radius 2 is 2.29 bits per heavy atom. The van der Waals surface area contributed by atoms with Crippen LogP contribution in [0.2, 0.25) is 0 Å². The number of benzene rings is 1. The normalized spacial score (nSPS) is 20.1. The maximum Gasteiger partial charge on any atom is 0.226 e. The molecular formula is C11H14N2O. The Balaban J connectivity index is 2.50. The number of hydrogen-bond donors (Lipinski definition) is 2. The second-order valence-corrected chi connectivity index (χ2v) is 3.63. The van der Waals surface area contributed by atoms with Crippen molar-refractivity contribution in [1.29, 1.82) is 0 Å². The van der Waals surface area contributed by atoms with Gasteiger partial charge in [-0.2, -0.15) is 0 Å². The minimum atomic E-state index is 0.0890. The van der Waals surface area contributed by atoms with Crippen molar-refractivity contribution < 1.29 is 4.79 Å². The fourth-order valence-electron chi connectivity index (χ4n) is 1.89. The zero-order valence-corrected chi connectivity index (χ0v) is 8.42. The van der Waals surface area contributed by atoms with Gasteiger partial charge in [-0.15, -0.1) is 0 Å². The quantitative estimate of drug-likeness (QED) is 0.706. The number of anilines is 1. The van der Waals surface area contributed by atoms with Gasteiger partial charge in [0.15, 0.2) is 0 Å². The van der Waals surface area contributed by atoms with E-state index in [2.05, 4.69) is 16.7 Å². The molecule has 14 heavy (non-hydrogen) atoms. The van der Waals surface area contributed by atoms with E-state index in [1.165, 1.54) is 5.56 Å². The van der Waals surface area contributed by atoms with E-state index in [1.807, 2.05) is 26.1 Å². The minimum absolute atomic E-state index is 0.0890. The van der Waals surface area contributed by atoms with Gasteiger partial charge in [0, 0.05) is 18.2 Å². The van der Waals surface area contributed by atoms with Crippen molar-refractivity contribution in [2.45, 2.75) is 19.4 Å². The largest absolute Gasteiger partial charge is 0.325 e. The molecule has 3 nitrogen and oxygen atoms in total. The molecule has 0 spiro atoms. The smallest absolute Gasteiger partial charge is 0.226 e. The first-order chi connectivity index (χ1) is 6.72. The third-order valence-electron chi connectivity index (χ3n) is 2.68. The SMILES string of the molecule is CNC1CC(=O)Nc2c(C)cccc21. The number of para-hydroxylation sites is 1. The molecular weight excluding hydrogens is 176 g/mol. The third-order valence-corrected chi connectivity index (χ3v) is 2.68. The molecule has 0 radical (unpaired) electrons. The number of aryl methyl sites for hydroxylation is 1. The number of carbonyl (C=O) groups excluding carboxylic acids is 1. The summed E-state index contributed by atoms with van der Waals surface area (Å²) in [6.45, 7) is 2.01. The Morgan fingerprint density at radius 3 is 3.00 bits per heavy atom. The first-order valence-corrected chi connectivity index (χ1v) is 4.79. The maximum atomic E-state index is 11.4. The van der Waals surface area contributed by atoms with Crippen LogP contribution >= 0.6 is 0 Å². The van der Waals surface area contributed by atoms with Crippen molar-refractivity contribution in [2.75, 3.05) is 12.4 Å². The molecule has 74 valence electrons. The first-order valence-electron chi connectivity index (χ1n) is 4.79. The highest BCUT2D eigenvalue weighted by Crippen LogP contribution is 2.32. The number of rotatable bonds is 1. The van der Waals surface area contributed by atoms with Crippen LogP contribution < -0.4 is 10.6 Å². The molecule has 0 saturated carbocycles. The van der Waals surface area contributed by atoms with Crippen molar-refractivity contribution in [3.05, 3.63) is 29.3 Å². The predicted molar refractivity (Wildman–Crippen MR) is 56.2 cm³/mol. The van der Waals surface area contributed by atoms with Crippen molar-refractivity contribution >= 4 is 11.6 Å². The van der Waals surface area contributed by atoms with Crippen molar-refractivity contribution in [1.82, 2.24) is 5.32 Å². The molecule has 1 unspecified atom stereocenters. The van der Waals surface area contributed by atoms with Gasteiger partial charge in [-0.1, -0.05) is 18.2 Å². The Hall–Kier alpha value is -1.35. The minimum Gasteiger partial charge on any atom is -0.325 e. The van der Waals surface area contributed by atoms with Crippen molar-refractivity contribution in [3.8, 4) is 0 Å². The lowest BCUT2D eigenvalue weighted by Gasteiger charge is -2.26. The van der Waals surface area contributed by atoms with Gasteiger partial charge in [0.1, 0.15) is 0 Å². The van der Waals surface area contributed by atoms with Gasteiger partial charge in [0.25, 0.3) is 0 Å². The molecule has 1 atom stereocenters. The highest BCUT2D eigenvalue weighted by molar-refractivity contribution is 5.95. The summed E-state index contributed by atoms with van der Waals surface area (Å²) in [5.41, 5.74) is 3.28. The van der Waals surface area contributed by atoms with E-state index in [-0.39, 0.29) is 11.9 Å². The zero-order valence-electron chi connectivity index (χ0n) is 8.42. The monoisotopic (exact) mass is 190 g/mol. The van der Waals surface area contributed by atoms with Crippen LogP contribution in [-0.4, -0.2) is 13.0 Å². The maximum absolute atomic E-state index is 11.4. The van der Waals surface area contributed by atoms with Gasteiger partial charge < -0.3 is 10.6 Å². The van der Waals surface area contributed by atoms with E-state index in [1.54, 1.807) is 0 Å². The second-order valence-electron chi connectivity index (χ2n) is 3.63. The molecule has 0 aliphatic carbocycles. The molecule has 1 aromatic carbocycles. The molecule has 1 heterocycles. The van der Waals surface area contributed by atoms with Crippen LogP contribution in [-0.2, 0) is 4.79 Å². The van der Waals surface area contributed by atoms with Crippen molar-refractivity contribution in [2.24, 2.45) is 0 Å². The van der Waals surface area contributed by atoms with Crippen LogP contribution in [0, 0.1) is 6.92 Å². The van der Waals surface area contributed by atoms with Gasteiger partial charge in [-0.25, -0.2) is 0 Å². The lowest BCUT2D eigenvalue weighted by atomic mass is 9.95. The van der Waals surface area contributed by atoms with Crippen LogP contribution in [0.3, 0.4) is 0 Å². The van der Waals surface area contributed by atoms with Crippen LogP contribution in [0.5, 0.6) is 0 Å². The Kier molecular flexibility index (Phi) is 2.25. The predicted octanol–water partition coefficient (Wildman–Crippen LogP) is 1.60. The summed E-state index contributed by atoms with van der Waals surface area (Å²) < 4.78 is 0. The van der Waals surface area contributed by atoms with Gasteiger partial charge in [0.05, 0.1) is 0 Å². The number of carbonyl (C=O) groups is 1. The summed E-state index contributed by atoms with van der Waals surface area (Å²) in [7, 11) is 1.88. The second kappa shape index (κ2) is 3.42. The highest BCUT2D eigenvalue weighted by atomic mass is 16.1. The molecule has 1 aliphatic heterocycles. The Labute approximate surface area is 83.5 Å². The molecule has 0 fully saturated rings. The summed E-state index contributed by atoms with van der Waals surface area (Å²) in [5.74, 6) is 0.0890. The van der Waals surface area contributed by atoms with E-state index < -0.39 is 0 Å². The van der Waals surface area contributed by atoms with E-state index in [4.69, 9.17) is 0 Å². The van der Waals surface area contributed by atoms with Gasteiger partial charge in [0.2, 0.25) is 5.91 Å². The first kappa shape index (κ1) is 9.21. The van der Waals surface area contributed by atoms with Gasteiger partial charge >= 0.3 is 0 Å². The lowest BCUT2D eigenvalue weighted by molar-refractivity contribution is -0.117. The summed E-state index contributed by atoms with van der Waals surface area (Å²) in [6, 6.07) is 6.24. The lowest BCUT2D eigenvalue weighted by Crippen LogP contribution is -2.29. The van der Waals surface area contributed by atoms with E-state index in [9.17, 15) is 4.79 Å².